The third kappa shape index (κ3) is 5.32. The van der Waals surface area contributed by atoms with E-state index in [1.165, 1.54) is 11.8 Å². The number of halogens is 1. The van der Waals surface area contributed by atoms with Gasteiger partial charge in [-0.25, -0.2) is 0 Å². The molecule has 0 aliphatic rings. The number of carbonyl (C=O) groups excluding carboxylic acids is 1. The zero-order chi connectivity index (χ0) is 19.1. The fourth-order valence-corrected chi connectivity index (χ4v) is 3.55. The van der Waals surface area contributed by atoms with Gasteiger partial charge in [-0.05, 0) is 55.3 Å². The number of nitrogens with one attached hydrogen (secondary N) is 1. The lowest BCUT2D eigenvalue weighted by Gasteiger charge is -2.21. The van der Waals surface area contributed by atoms with Crippen molar-refractivity contribution < 1.29 is 14.3 Å². The third-order valence-electron chi connectivity index (χ3n) is 4.03. The molecule has 2 aromatic rings. The first-order chi connectivity index (χ1) is 12.5. The van der Waals surface area contributed by atoms with Crippen LogP contribution < -0.4 is 14.8 Å². The Kier molecular flexibility index (Phi) is 7.66. The average Bonchev–Trinajstić information content (AvgIpc) is 2.67. The monoisotopic (exact) mass is 393 g/mol. The Hall–Kier alpha value is -1.85. The van der Waals surface area contributed by atoms with Gasteiger partial charge in [-0.1, -0.05) is 24.6 Å². The summed E-state index contributed by atoms with van der Waals surface area (Å²) in [6, 6.07) is 13.1. The number of ether oxygens (including phenoxy) is 2. The van der Waals surface area contributed by atoms with E-state index in [0.29, 0.717) is 16.5 Å². The van der Waals surface area contributed by atoms with E-state index in [9.17, 15) is 4.79 Å². The Morgan fingerprint density at radius 2 is 1.77 bits per heavy atom. The van der Waals surface area contributed by atoms with Crippen molar-refractivity contribution in [2.75, 3.05) is 14.2 Å². The maximum Gasteiger partial charge on any atom is 0.233 e. The minimum absolute atomic E-state index is 0.00779. The van der Waals surface area contributed by atoms with Gasteiger partial charge < -0.3 is 14.8 Å². The van der Waals surface area contributed by atoms with Crippen molar-refractivity contribution in [3.05, 3.63) is 53.1 Å². The number of hydrogen-bond donors (Lipinski definition) is 1. The number of methoxy groups -OCH3 is 2. The Labute approximate surface area is 164 Å². The molecule has 140 valence electrons. The second-order valence-corrected chi connectivity index (χ2v) is 7.65. The predicted molar refractivity (Wildman–Crippen MR) is 107 cm³/mol. The first kappa shape index (κ1) is 20.5. The molecule has 1 N–H and O–H groups in total. The highest BCUT2D eigenvalue weighted by molar-refractivity contribution is 8.00. The molecule has 0 bridgehead atoms. The summed E-state index contributed by atoms with van der Waals surface area (Å²) >= 11 is 7.41. The van der Waals surface area contributed by atoms with Gasteiger partial charge >= 0.3 is 0 Å². The van der Waals surface area contributed by atoms with E-state index in [1.807, 2.05) is 56.3 Å². The molecule has 0 saturated heterocycles. The lowest BCUT2D eigenvalue weighted by molar-refractivity contribution is -0.121. The molecule has 0 unspecified atom stereocenters. The molecule has 0 fully saturated rings. The summed E-state index contributed by atoms with van der Waals surface area (Å²) in [5, 5.41) is 3.59. The molecule has 2 aromatic carbocycles. The van der Waals surface area contributed by atoms with Crippen molar-refractivity contribution in [3.63, 3.8) is 0 Å². The second-order valence-electron chi connectivity index (χ2n) is 5.80. The van der Waals surface area contributed by atoms with Gasteiger partial charge in [0, 0.05) is 9.92 Å². The SMILES string of the molecule is CC[C@H](NC(=O)[C@@H](C)Sc1ccc(Cl)cc1)c1ccc(OC)c(OC)c1. The van der Waals surface area contributed by atoms with Crippen molar-refractivity contribution in [1.82, 2.24) is 5.32 Å². The highest BCUT2D eigenvalue weighted by Crippen LogP contribution is 2.31. The zero-order valence-corrected chi connectivity index (χ0v) is 17.0. The third-order valence-corrected chi connectivity index (χ3v) is 5.39. The van der Waals surface area contributed by atoms with Crippen LogP contribution in [0.2, 0.25) is 5.02 Å². The average molecular weight is 394 g/mol. The highest BCUT2D eigenvalue weighted by Gasteiger charge is 2.20. The molecular weight excluding hydrogens is 370 g/mol. The molecule has 26 heavy (non-hydrogen) atoms. The molecule has 1 amide bonds. The van der Waals surface area contributed by atoms with Crippen LogP contribution in [0.5, 0.6) is 11.5 Å². The lowest BCUT2D eigenvalue weighted by Crippen LogP contribution is -2.34. The smallest absolute Gasteiger partial charge is 0.233 e. The van der Waals surface area contributed by atoms with Gasteiger partial charge in [0.2, 0.25) is 5.91 Å². The Balaban J connectivity index is 2.06. The zero-order valence-electron chi connectivity index (χ0n) is 15.4. The maximum atomic E-state index is 12.6. The first-order valence-electron chi connectivity index (χ1n) is 8.43. The number of benzene rings is 2. The molecule has 0 saturated carbocycles. The van der Waals surface area contributed by atoms with Crippen molar-refractivity contribution in [3.8, 4) is 11.5 Å². The number of thioether (sulfide) groups is 1. The molecular formula is C20H24ClNO3S. The molecule has 0 heterocycles. The summed E-state index contributed by atoms with van der Waals surface area (Å²) in [5.41, 5.74) is 0.988. The van der Waals surface area contributed by atoms with E-state index in [2.05, 4.69) is 5.32 Å². The van der Waals surface area contributed by atoms with Crippen molar-refractivity contribution in [2.24, 2.45) is 0 Å². The van der Waals surface area contributed by atoms with E-state index in [1.54, 1.807) is 14.2 Å². The summed E-state index contributed by atoms with van der Waals surface area (Å²) in [5.74, 6) is 1.32. The minimum atomic E-state index is -0.217. The Morgan fingerprint density at radius 1 is 1.12 bits per heavy atom. The summed E-state index contributed by atoms with van der Waals surface area (Å²) in [7, 11) is 3.21. The molecule has 2 rings (SSSR count). The van der Waals surface area contributed by atoms with Crippen LogP contribution in [0.25, 0.3) is 0 Å². The molecule has 4 nitrogen and oxygen atoms in total. The maximum absolute atomic E-state index is 12.6. The standard InChI is InChI=1S/C20H24ClNO3S/c1-5-17(14-6-11-18(24-3)19(12-14)25-4)22-20(23)13(2)26-16-9-7-15(21)8-10-16/h6-13,17H,5H2,1-4H3,(H,22,23)/t13-,17+/m1/s1. The fraction of sp³-hybridized carbons (Fsp3) is 0.350. The Bertz CT molecular complexity index is 736. The van der Waals surface area contributed by atoms with Gasteiger partial charge in [0.15, 0.2) is 11.5 Å². The number of hydrogen-bond acceptors (Lipinski definition) is 4. The van der Waals surface area contributed by atoms with E-state index >= 15 is 0 Å². The first-order valence-corrected chi connectivity index (χ1v) is 9.68. The number of amides is 1. The summed E-state index contributed by atoms with van der Waals surface area (Å²) in [6.07, 6.45) is 0.777. The van der Waals surface area contributed by atoms with Crippen LogP contribution in [-0.4, -0.2) is 25.4 Å². The van der Waals surface area contributed by atoms with Gasteiger partial charge in [0.1, 0.15) is 0 Å². The molecule has 6 heteroatoms. The van der Waals surface area contributed by atoms with E-state index < -0.39 is 0 Å². The van der Waals surface area contributed by atoms with Crippen molar-refractivity contribution >= 4 is 29.3 Å². The topological polar surface area (TPSA) is 47.6 Å². The van der Waals surface area contributed by atoms with E-state index in [4.69, 9.17) is 21.1 Å². The lowest BCUT2D eigenvalue weighted by atomic mass is 10.0. The van der Waals surface area contributed by atoms with Crippen molar-refractivity contribution in [1.29, 1.82) is 0 Å². The molecule has 0 aromatic heterocycles. The van der Waals surface area contributed by atoms with Gasteiger partial charge in [-0.15, -0.1) is 11.8 Å². The van der Waals surface area contributed by atoms with Gasteiger partial charge in [-0.2, -0.15) is 0 Å². The normalized spacial score (nSPS) is 13.0. The van der Waals surface area contributed by atoms with Crippen LogP contribution in [0.3, 0.4) is 0 Å². The number of rotatable bonds is 8. The largest absolute Gasteiger partial charge is 0.493 e. The van der Waals surface area contributed by atoms with E-state index in [0.717, 1.165) is 16.9 Å². The number of carbonyl (C=O) groups is 1. The summed E-state index contributed by atoms with van der Waals surface area (Å²) in [4.78, 5) is 13.6. The second kappa shape index (κ2) is 9.74. The highest BCUT2D eigenvalue weighted by atomic mass is 35.5. The molecule has 0 aliphatic heterocycles. The molecule has 0 spiro atoms. The van der Waals surface area contributed by atoms with Crippen LogP contribution in [0.4, 0.5) is 0 Å². The van der Waals surface area contributed by atoms with Crippen LogP contribution in [0.15, 0.2) is 47.4 Å². The van der Waals surface area contributed by atoms with Crippen LogP contribution in [0.1, 0.15) is 31.9 Å². The molecule has 2 atom stereocenters. The van der Waals surface area contributed by atoms with E-state index in [-0.39, 0.29) is 17.2 Å². The van der Waals surface area contributed by atoms with Crippen LogP contribution >= 0.6 is 23.4 Å². The Morgan fingerprint density at radius 3 is 2.35 bits per heavy atom. The minimum Gasteiger partial charge on any atom is -0.493 e. The molecule has 0 radical (unpaired) electrons. The van der Waals surface area contributed by atoms with Crippen LogP contribution in [-0.2, 0) is 4.79 Å². The molecule has 0 aliphatic carbocycles. The summed E-state index contributed by atoms with van der Waals surface area (Å²) < 4.78 is 10.6. The van der Waals surface area contributed by atoms with Gasteiger partial charge in [0.05, 0.1) is 25.5 Å². The predicted octanol–water partition coefficient (Wildman–Crippen LogP) is 5.11. The van der Waals surface area contributed by atoms with Crippen molar-refractivity contribution in [2.45, 2.75) is 36.5 Å². The quantitative estimate of drug-likeness (QED) is 0.633. The summed E-state index contributed by atoms with van der Waals surface area (Å²) in [6.45, 7) is 3.94. The van der Waals surface area contributed by atoms with Gasteiger partial charge in [0.25, 0.3) is 0 Å². The van der Waals surface area contributed by atoms with Crippen LogP contribution in [0, 0.1) is 0 Å². The van der Waals surface area contributed by atoms with Gasteiger partial charge in [-0.3, -0.25) is 4.79 Å². The fourth-order valence-electron chi connectivity index (χ4n) is 2.55.